The van der Waals surface area contributed by atoms with E-state index >= 15 is 0 Å². The van der Waals surface area contributed by atoms with Crippen molar-refractivity contribution in [1.29, 1.82) is 0 Å². The van der Waals surface area contributed by atoms with Gasteiger partial charge in [0.2, 0.25) is 0 Å². The number of rotatable bonds is 6. The van der Waals surface area contributed by atoms with E-state index in [1.54, 1.807) is 12.1 Å². The van der Waals surface area contributed by atoms with E-state index in [1.807, 2.05) is 7.05 Å². The molecule has 1 aromatic carbocycles. The Bertz CT molecular complexity index is 545. The van der Waals surface area contributed by atoms with E-state index < -0.39 is 0 Å². The Kier molecular flexibility index (Phi) is 7.65. The molecule has 140 valence electrons. The monoisotopic (exact) mass is 350 g/mol. The van der Waals surface area contributed by atoms with Gasteiger partial charge in [-0.2, -0.15) is 0 Å². The molecule has 0 bridgehead atoms. The van der Waals surface area contributed by atoms with Crippen LogP contribution in [0, 0.1) is 5.82 Å². The van der Waals surface area contributed by atoms with Crippen LogP contribution in [-0.2, 0) is 4.74 Å². The van der Waals surface area contributed by atoms with Gasteiger partial charge in [0.05, 0.1) is 12.6 Å². The van der Waals surface area contributed by atoms with Gasteiger partial charge in [-0.15, -0.1) is 0 Å². The van der Waals surface area contributed by atoms with Gasteiger partial charge in [0.1, 0.15) is 11.9 Å². The lowest BCUT2D eigenvalue weighted by Crippen LogP contribution is -2.51. The van der Waals surface area contributed by atoms with Crippen LogP contribution in [0.15, 0.2) is 29.3 Å². The van der Waals surface area contributed by atoms with E-state index in [-0.39, 0.29) is 18.0 Å². The normalized spacial score (nSPS) is 21.7. The molecule has 1 N–H and O–H groups in total. The molecule has 2 rings (SSSR count). The lowest BCUT2D eigenvalue weighted by Gasteiger charge is -2.39. The fourth-order valence-corrected chi connectivity index (χ4v) is 3.18. The third kappa shape index (κ3) is 5.68. The van der Waals surface area contributed by atoms with E-state index in [2.05, 4.69) is 40.9 Å². The van der Waals surface area contributed by atoms with E-state index in [0.29, 0.717) is 6.54 Å². The summed E-state index contributed by atoms with van der Waals surface area (Å²) in [7, 11) is 1.81. The lowest BCUT2D eigenvalue weighted by atomic mass is 10.1. The zero-order valence-electron chi connectivity index (χ0n) is 15.8. The summed E-state index contributed by atoms with van der Waals surface area (Å²) in [6.45, 7) is 11.9. The highest BCUT2D eigenvalue weighted by atomic mass is 19.1. The van der Waals surface area contributed by atoms with Gasteiger partial charge in [-0.3, -0.25) is 4.99 Å². The summed E-state index contributed by atoms with van der Waals surface area (Å²) >= 11 is 0. The molecule has 1 aliphatic heterocycles. The molecule has 6 heteroatoms. The van der Waals surface area contributed by atoms with Crippen LogP contribution >= 0.6 is 0 Å². The average molecular weight is 350 g/mol. The first kappa shape index (κ1) is 19.7. The summed E-state index contributed by atoms with van der Waals surface area (Å²) < 4.78 is 19.2. The van der Waals surface area contributed by atoms with Gasteiger partial charge in [-0.25, -0.2) is 4.39 Å². The minimum atomic E-state index is -0.224. The van der Waals surface area contributed by atoms with E-state index in [1.165, 1.54) is 12.1 Å². The standard InChI is InChI=1S/C19H31FN4O/c1-5-23(6-2)12-11-22-19(21-4)24-13-15(3)25-18(14-24)16-7-9-17(20)10-8-16/h7-10,15,18H,5-6,11-14H2,1-4H3,(H,21,22). The topological polar surface area (TPSA) is 40.1 Å². The number of ether oxygens (including phenoxy) is 1. The van der Waals surface area contributed by atoms with Crippen molar-refractivity contribution in [3.8, 4) is 0 Å². The molecule has 0 spiro atoms. The first-order valence-electron chi connectivity index (χ1n) is 9.16. The summed E-state index contributed by atoms with van der Waals surface area (Å²) in [5.41, 5.74) is 0.997. The second-order valence-corrected chi connectivity index (χ2v) is 6.39. The highest BCUT2D eigenvalue weighted by Crippen LogP contribution is 2.25. The number of aliphatic imine (C=N–C) groups is 1. The number of hydrogen-bond donors (Lipinski definition) is 1. The van der Waals surface area contributed by atoms with Crippen LogP contribution in [0.2, 0.25) is 0 Å². The van der Waals surface area contributed by atoms with Gasteiger partial charge in [-0.1, -0.05) is 26.0 Å². The predicted molar refractivity (Wildman–Crippen MR) is 100 cm³/mol. The van der Waals surface area contributed by atoms with Crippen molar-refractivity contribution in [3.63, 3.8) is 0 Å². The van der Waals surface area contributed by atoms with Crippen molar-refractivity contribution in [3.05, 3.63) is 35.6 Å². The van der Waals surface area contributed by atoms with Gasteiger partial charge in [-0.05, 0) is 37.7 Å². The van der Waals surface area contributed by atoms with E-state index in [4.69, 9.17) is 4.74 Å². The smallest absolute Gasteiger partial charge is 0.193 e. The molecule has 0 aliphatic carbocycles. The van der Waals surface area contributed by atoms with Crippen LogP contribution in [0.25, 0.3) is 0 Å². The minimum Gasteiger partial charge on any atom is -0.367 e. The molecule has 0 radical (unpaired) electrons. The van der Waals surface area contributed by atoms with Crippen molar-refractivity contribution < 1.29 is 9.13 Å². The molecule has 0 saturated carbocycles. The molecular formula is C19H31FN4O. The second-order valence-electron chi connectivity index (χ2n) is 6.39. The lowest BCUT2D eigenvalue weighted by molar-refractivity contribution is -0.0605. The Morgan fingerprint density at radius 2 is 1.96 bits per heavy atom. The zero-order chi connectivity index (χ0) is 18.2. The maximum atomic E-state index is 13.2. The summed E-state index contributed by atoms with van der Waals surface area (Å²) in [6.07, 6.45) is 0.0100. The molecule has 1 heterocycles. The highest BCUT2D eigenvalue weighted by molar-refractivity contribution is 5.80. The molecule has 2 atom stereocenters. The van der Waals surface area contributed by atoms with Crippen molar-refractivity contribution in [2.24, 2.45) is 4.99 Å². The summed E-state index contributed by atoms with van der Waals surface area (Å²) in [6, 6.07) is 6.57. The van der Waals surface area contributed by atoms with Crippen LogP contribution in [0.5, 0.6) is 0 Å². The quantitative estimate of drug-likeness (QED) is 0.632. The van der Waals surface area contributed by atoms with Crippen LogP contribution < -0.4 is 5.32 Å². The number of nitrogens with one attached hydrogen (secondary N) is 1. The second kappa shape index (κ2) is 9.73. The third-order valence-electron chi connectivity index (χ3n) is 4.62. The molecule has 0 aromatic heterocycles. The largest absolute Gasteiger partial charge is 0.367 e. The number of nitrogens with zero attached hydrogens (tertiary/aromatic N) is 3. The number of halogens is 1. The summed E-state index contributed by atoms with van der Waals surface area (Å²) in [5, 5.41) is 3.46. The molecular weight excluding hydrogens is 319 g/mol. The van der Waals surface area contributed by atoms with Gasteiger partial charge in [0.25, 0.3) is 0 Å². The Hall–Kier alpha value is -1.66. The molecule has 5 nitrogen and oxygen atoms in total. The zero-order valence-corrected chi connectivity index (χ0v) is 15.8. The summed E-state index contributed by atoms with van der Waals surface area (Å²) in [4.78, 5) is 9.04. The highest BCUT2D eigenvalue weighted by Gasteiger charge is 2.28. The number of hydrogen-bond acceptors (Lipinski definition) is 3. The predicted octanol–water partition coefficient (Wildman–Crippen LogP) is 2.50. The Morgan fingerprint density at radius 3 is 2.56 bits per heavy atom. The van der Waals surface area contributed by atoms with E-state index in [9.17, 15) is 4.39 Å². The molecule has 1 fully saturated rings. The van der Waals surface area contributed by atoms with Gasteiger partial charge < -0.3 is 19.9 Å². The van der Waals surface area contributed by atoms with Crippen LogP contribution in [-0.4, -0.2) is 68.2 Å². The molecule has 0 amide bonds. The first-order valence-corrected chi connectivity index (χ1v) is 9.16. The molecule has 25 heavy (non-hydrogen) atoms. The molecule has 1 saturated heterocycles. The van der Waals surface area contributed by atoms with Gasteiger partial charge in [0, 0.05) is 26.7 Å². The van der Waals surface area contributed by atoms with Gasteiger partial charge >= 0.3 is 0 Å². The maximum Gasteiger partial charge on any atom is 0.193 e. The third-order valence-corrected chi connectivity index (χ3v) is 4.62. The fourth-order valence-electron chi connectivity index (χ4n) is 3.18. The SMILES string of the molecule is CCN(CC)CCNC(=NC)N1CC(C)OC(c2ccc(F)cc2)C1. The Balaban J connectivity index is 1.97. The van der Waals surface area contributed by atoms with Crippen molar-refractivity contribution in [2.75, 3.05) is 46.3 Å². The molecule has 1 aliphatic rings. The number of likely N-dealkylation sites (N-methyl/N-ethyl adjacent to an activating group) is 1. The van der Waals surface area contributed by atoms with Crippen molar-refractivity contribution in [1.82, 2.24) is 15.1 Å². The number of benzene rings is 1. The fraction of sp³-hybridized carbons (Fsp3) is 0.632. The van der Waals surface area contributed by atoms with Crippen LogP contribution in [0.1, 0.15) is 32.4 Å². The first-order chi connectivity index (χ1) is 12.1. The number of morpholine rings is 1. The van der Waals surface area contributed by atoms with Crippen LogP contribution in [0.3, 0.4) is 0 Å². The average Bonchev–Trinajstić information content (AvgIpc) is 2.62. The summed E-state index contributed by atoms with van der Waals surface area (Å²) in [5.74, 6) is 0.674. The van der Waals surface area contributed by atoms with Gasteiger partial charge in [0.15, 0.2) is 5.96 Å². The molecule has 1 aromatic rings. The maximum absolute atomic E-state index is 13.2. The molecule has 2 unspecified atom stereocenters. The number of guanidine groups is 1. The van der Waals surface area contributed by atoms with Crippen molar-refractivity contribution in [2.45, 2.75) is 33.0 Å². The van der Waals surface area contributed by atoms with Crippen molar-refractivity contribution >= 4 is 5.96 Å². The minimum absolute atomic E-state index is 0.0781. The van der Waals surface area contributed by atoms with Crippen LogP contribution in [0.4, 0.5) is 4.39 Å². The Morgan fingerprint density at radius 1 is 1.28 bits per heavy atom. The Labute approximate surface area is 150 Å². The van der Waals surface area contributed by atoms with E-state index in [0.717, 1.165) is 44.2 Å².